The number of benzene rings is 1. The number of rotatable bonds is 4. The second-order valence-electron chi connectivity index (χ2n) is 5.70. The molecule has 3 aromatic rings. The zero-order valence-electron chi connectivity index (χ0n) is 13.7. The quantitative estimate of drug-likeness (QED) is 0.738. The van der Waals surface area contributed by atoms with E-state index in [1.165, 1.54) is 0 Å². The summed E-state index contributed by atoms with van der Waals surface area (Å²) in [5, 5.41) is 3.51. The molecule has 0 fully saturated rings. The molecular weight excluding hydrogens is 365 g/mol. The molecule has 1 N–H and O–H groups in total. The third kappa shape index (κ3) is 3.67. The molecule has 130 valence electrons. The second kappa shape index (κ2) is 6.85. The third-order valence-corrected chi connectivity index (χ3v) is 3.93. The van der Waals surface area contributed by atoms with Crippen LogP contribution in [0.25, 0.3) is 11.2 Å². The summed E-state index contributed by atoms with van der Waals surface area (Å²) in [4.78, 5) is 24.8. The molecule has 0 bridgehead atoms. The van der Waals surface area contributed by atoms with E-state index in [1.54, 1.807) is 50.0 Å². The molecule has 7 nitrogen and oxygen atoms in total. The van der Waals surface area contributed by atoms with E-state index in [0.29, 0.717) is 27.0 Å². The first-order valence-electron chi connectivity index (χ1n) is 7.48. The topological polar surface area (TPSA) is 81.9 Å². The van der Waals surface area contributed by atoms with Crippen LogP contribution in [0.5, 0.6) is 11.6 Å². The van der Waals surface area contributed by atoms with Gasteiger partial charge in [0.25, 0.3) is 5.88 Å². The Kier molecular flexibility index (Phi) is 4.78. The molecule has 9 heteroatoms. The van der Waals surface area contributed by atoms with Crippen LogP contribution < -0.4 is 10.1 Å². The van der Waals surface area contributed by atoms with Crippen LogP contribution in [0.3, 0.4) is 0 Å². The Labute approximate surface area is 154 Å². The number of nitrogens with one attached hydrogen (secondary N) is 1. The van der Waals surface area contributed by atoms with Gasteiger partial charge in [-0.25, -0.2) is 4.98 Å². The van der Waals surface area contributed by atoms with Crippen molar-refractivity contribution >= 4 is 46.2 Å². The van der Waals surface area contributed by atoms with Crippen LogP contribution >= 0.6 is 23.2 Å². The van der Waals surface area contributed by atoms with Crippen molar-refractivity contribution in [2.45, 2.75) is 13.8 Å². The highest BCUT2D eigenvalue weighted by molar-refractivity contribution is 6.34. The maximum Gasteiger partial charge on any atom is 0.252 e. The van der Waals surface area contributed by atoms with Crippen LogP contribution in [0.2, 0.25) is 10.0 Å². The van der Waals surface area contributed by atoms with E-state index in [2.05, 4.69) is 20.3 Å². The highest BCUT2D eigenvalue weighted by Crippen LogP contribution is 2.33. The molecule has 0 saturated heterocycles. The fraction of sp³-hybridized carbons (Fsp3) is 0.250. The molecule has 2 aromatic heterocycles. The number of carbonyl (C=O) groups is 1. The van der Waals surface area contributed by atoms with Crippen LogP contribution in [0.4, 0.5) is 5.95 Å². The van der Waals surface area contributed by atoms with Gasteiger partial charge in [-0.1, -0.05) is 37.0 Å². The molecule has 0 aliphatic rings. The van der Waals surface area contributed by atoms with Gasteiger partial charge in [0.1, 0.15) is 5.75 Å². The van der Waals surface area contributed by atoms with Gasteiger partial charge < -0.3 is 9.30 Å². The van der Waals surface area contributed by atoms with E-state index in [4.69, 9.17) is 27.9 Å². The first-order chi connectivity index (χ1) is 11.8. The van der Waals surface area contributed by atoms with Crippen molar-refractivity contribution in [1.29, 1.82) is 0 Å². The van der Waals surface area contributed by atoms with Crippen LogP contribution in [-0.2, 0) is 11.8 Å². The summed E-state index contributed by atoms with van der Waals surface area (Å²) in [7, 11) is 1.78. The molecule has 0 aliphatic heterocycles. The fourth-order valence-electron chi connectivity index (χ4n) is 2.02. The van der Waals surface area contributed by atoms with Gasteiger partial charge in [0.2, 0.25) is 11.9 Å². The van der Waals surface area contributed by atoms with E-state index in [1.807, 2.05) is 0 Å². The van der Waals surface area contributed by atoms with Gasteiger partial charge in [-0.2, -0.15) is 9.97 Å². The van der Waals surface area contributed by atoms with Crippen LogP contribution in [0, 0.1) is 5.92 Å². The number of nitrogens with zero attached hydrogens (tertiary/aromatic N) is 4. The SMILES string of the molecule is CC(C)C(=O)Nc1nc(Oc2cc(Cl)ccc2Cl)c2ncn(C)c2n1. The van der Waals surface area contributed by atoms with Crippen molar-refractivity contribution in [2.24, 2.45) is 13.0 Å². The maximum atomic E-state index is 11.9. The van der Waals surface area contributed by atoms with Gasteiger partial charge in [-0.3, -0.25) is 10.1 Å². The number of halogens is 2. The third-order valence-electron chi connectivity index (χ3n) is 3.39. The molecule has 0 unspecified atom stereocenters. The number of fused-ring (bicyclic) bond motifs is 1. The van der Waals surface area contributed by atoms with Crippen molar-refractivity contribution in [1.82, 2.24) is 19.5 Å². The van der Waals surface area contributed by atoms with E-state index >= 15 is 0 Å². The first-order valence-corrected chi connectivity index (χ1v) is 8.23. The monoisotopic (exact) mass is 379 g/mol. The van der Waals surface area contributed by atoms with Gasteiger partial charge in [-0.05, 0) is 12.1 Å². The molecule has 1 aromatic carbocycles. The molecule has 0 saturated carbocycles. The lowest BCUT2D eigenvalue weighted by Crippen LogP contribution is -2.19. The second-order valence-corrected chi connectivity index (χ2v) is 6.54. The van der Waals surface area contributed by atoms with Crippen LogP contribution in [0.15, 0.2) is 24.5 Å². The Bertz CT molecular complexity index is 955. The number of ether oxygens (including phenoxy) is 1. The normalized spacial score (nSPS) is 11.1. The van der Waals surface area contributed by atoms with Crippen molar-refractivity contribution in [2.75, 3.05) is 5.32 Å². The lowest BCUT2D eigenvalue weighted by atomic mass is 10.2. The Morgan fingerprint density at radius 3 is 2.76 bits per heavy atom. The van der Waals surface area contributed by atoms with Crippen molar-refractivity contribution < 1.29 is 9.53 Å². The highest BCUT2D eigenvalue weighted by Gasteiger charge is 2.17. The van der Waals surface area contributed by atoms with E-state index < -0.39 is 0 Å². The molecule has 25 heavy (non-hydrogen) atoms. The standard InChI is InChI=1S/C16H15Cl2N5O2/c1-8(2)14(24)21-16-20-13-12(19-7-23(13)3)15(22-16)25-11-6-9(17)4-5-10(11)18/h4-8H,1-3H3,(H,20,21,22,24). The molecule has 1 amide bonds. The predicted molar refractivity (Wildman–Crippen MR) is 96.3 cm³/mol. The molecule has 0 atom stereocenters. The van der Waals surface area contributed by atoms with Crippen molar-refractivity contribution in [3.63, 3.8) is 0 Å². The van der Waals surface area contributed by atoms with E-state index in [-0.39, 0.29) is 23.7 Å². The zero-order valence-corrected chi connectivity index (χ0v) is 15.3. The largest absolute Gasteiger partial charge is 0.435 e. The molecule has 2 heterocycles. The molecule has 3 rings (SSSR count). The summed E-state index contributed by atoms with van der Waals surface area (Å²) in [5.41, 5.74) is 0.961. The number of aryl methyl sites for hydroxylation is 1. The number of aromatic nitrogens is 4. The predicted octanol–water partition coefficient (Wildman–Crippen LogP) is 4.06. The van der Waals surface area contributed by atoms with E-state index in [9.17, 15) is 4.79 Å². The van der Waals surface area contributed by atoms with Crippen molar-refractivity contribution in [3.8, 4) is 11.6 Å². The minimum atomic E-state index is -0.211. The van der Waals surface area contributed by atoms with Gasteiger partial charge in [-0.15, -0.1) is 0 Å². The number of imidazole rings is 1. The number of amides is 1. The molecule has 0 spiro atoms. The zero-order chi connectivity index (χ0) is 18.1. The summed E-state index contributed by atoms with van der Waals surface area (Å²) in [5.74, 6) is 0.226. The smallest absolute Gasteiger partial charge is 0.252 e. The van der Waals surface area contributed by atoms with Crippen LogP contribution in [-0.4, -0.2) is 25.4 Å². The summed E-state index contributed by atoms with van der Waals surface area (Å²) >= 11 is 12.1. The average Bonchev–Trinajstić information content (AvgIpc) is 2.92. The average molecular weight is 380 g/mol. The Hall–Kier alpha value is -2.38. The van der Waals surface area contributed by atoms with Crippen molar-refractivity contribution in [3.05, 3.63) is 34.6 Å². The minimum Gasteiger partial charge on any atom is -0.435 e. The lowest BCUT2D eigenvalue weighted by molar-refractivity contribution is -0.118. The Morgan fingerprint density at radius 1 is 1.28 bits per heavy atom. The number of carbonyl (C=O) groups excluding carboxylic acids is 1. The molecule has 0 radical (unpaired) electrons. The lowest BCUT2D eigenvalue weighted by Gasteiger charge is -2.11. The Morgan fingerprint density at radius 2 is 2.04 bits per heavy atom. The number of anilines is 1. The first kappa shape index (κ1) is 17.4. The Balaban J connectivity index is 2.06. The van der Waals surface area contributed by atoms with Gasteiger partial charge in [0, 0.05) is 24.1 Å². The van der Waals surface area contributed by atoms with Gasteiger partial charge >= 0.3 is 0 Å². The molecule has 0 aliphatic carbocycles. The minimum absolute atomic E-state index is 0.128. The fourth-order valence-corrected chi connectivity index (χ4v) is 2.34. The summed E-state index contributed by atoms with van der Waals surface area (Å²) in [6.45, 7) is 3.56. The maximum absolute atomic E-state index is 11.9. The summed E-state index contributed by atoms with van der Waals surface area (Å²) in [6, 6.07) is 4.85. The summed E-state index contributed by atoms with van der Waals surface area (Å²) in [6.07, 6.45) is 1.58. The number of hydrogen-bond donors (Lipinski definition) is 1. The van der Waals surface area contributed by atoms with Gasteiger partial charge in [0.15, 0.2) is 11.2 Å². The van der Waals surface area contributed by atoms with Crippen LogP contribution in [0.1, 0.15) is 13.8 Å². The number of hydrogen-bond acceptors (Lipinski definition) is 5. The van der Waals surface area contributed by atoms with E-state index in [0.717, 1.165) is 0 Å². The van der Waals surface area contributed by atoms with Gasteiger partial charge in [0.05, 0.1) is 11.3 Å². The molecular formula is C16H15Cl2N5O2. The highest BCUT2D eigenvalue weighted by atomic mass is 35.5. The summed E-state index contributed by atoms with van der Waals surface area (Å²) < 4.78 is 7.51.